The molecular formula is C25H29N3OS2. The van der Waals surface area contributed by atoms with Gasteiger partial charge in [0.05, 0.1) is 12.6 Å². The second-order valence-electron chi connectivity index (χ2n) is 8.78. The third-order valence-electron chi connectivity index (χ3n) is 6.44. The Hall–Kier alpha value is -2.18. The van der Waals surface area contributed by atoms with E-state index in [1.54, 1.807) is 11.8 Å². The van der Waals surface area contributed by atoms with Crippen LogP contribution in [0.25, 0.3) is 5.00 Å². The number of nitrogens with zero attached hydrogens (tertiary/aromatic N) is 2. The first-order valence-electron chi connectivity index (χ1n) is 11.1. The molecule has 2 amide bonds. The fourth-order valence-corrected chi connectivity index (χ4v) is 6.88. The van der Waals surface area contributed by atoms with Crippen LogP contribution in [0.15, 0.2) is 47.5 Å². The van der Waals surface area contributed by atoms with Crippen molar-refractivity contribution < 1.29 is 4.79 Å². The SMILES string of the molecule is CSc1cccc(NC(=O)N2Cc3c(sc4c3CCCC4)-n3cccc3C2C(C)C)c1. The molecule has 2 aromatic heterocycles. The summed E-state index contributed by atoms with van der Waals surface area (Å²) in [6.45, 7) is 5.09. The maximum absolute atomic E-state index is 13.7. The molecular weight excluding hydrogens is 422 g/mol. The first-order valence-corrected chi connectivity index (χ1v) is 13.1. The number of amides is 2. The van der Waals surface area contributed by atoms with Crippen molar-refractivity contribution in [2.45, 2.75) is 57.0 Å². The number of fused-ring (bicyclic) bond motifs is 5. The van der Waals surface area contributed by atoms with E-state index in [1.165, 1.54) is 46.0 Å². The van der Waals surface area contributed by atoms with Crippen molar-refractivity contribution >= 4 is 34.8 Å². The Labute approximate surface area is 192 Å². The van der Waals surface area contributed by atoms with E-state index in [0.29, 0.717) is 12.5 Å². The minimum absolute atomic E-state index is 0.0201. The number of benzene rings is 1. The van der Waals surface area contributed by atoms with E-state index in [9.17, 15) is 4.79 Å². The molecule has 1 aliphatic heterocycles. The van der Waals surface area contributed by atoms with Gasteiger partial charge in [-0.3, -0.25) is 0 Å². The summed E-state index contributed by atoms with van der Waals surface area (Å²) in [6.07, 6.45) is 9.06. The van der Waals surface area contributed by atoms with Crippen LogP contribution in [0.4, 0.5) is 10.5 Å². The van der Waals surface area contributed by atoms with Crippen molar-refractivity contribution in [3.8, 4) is 5.00 Å². The average Bonchev–Trinajstić information content (AvgIpc) is 3.35. The number of hydrogen-bond donors (Lipinski definition) is 1. The maximum Gasteiger partial charge on any atom is 0.322 e. The van der Waals surface area contributed by atoms with Crippen molar-refractivity contribution in [1.82, 2.24) is 9.47 Å². The third-order valence-corrected chi connectivity index (χ3v) is 8.50. The molecule has 3 aromatic rings. The molecule has 1 N–H and O–H groups in total. The molecule has 1 aliphatic carbocycles. The molecule has 5 rings (SSSR count). The Morgan fingerprint density at radius 3 is 2.81 bits per heavy atom. The van der Waals surface area contributed by atoms with Crippen LogP contribution in [0.5, 0.6) is 0 Å². The first kappa shape index (κ1) is 20.7. The van der Waals surface area contributed by atoms with E-state index in [-0.39, 0.29) is 12.1 Å². The van der Waals surface area contributed by atoms with E-state index in [4.69, 9.17) is 0 Å². The molecule has 0 radical (unpaired) electrons. The molecule has 2 aliphatic rings. The van der Waals surface area contributed by atoms with Crippen LogP contribution in [0.1, 0.15) is 54.4 Å². The minimum Gasteiger partial charge on any atom is -0.311 e. The van der Waals surface area contributed by atoms with Crippen LogP contribution in [-0.4, -0.2) is 21.8 Å². The Morgan fingerprint density at radius 2 is 2.00 bits per heavy atom. The van der Waals surface area contributed by atoms with Gasteiger partial charge in [-0.05, 0) is 73.8 Å². The smallest absolute Gasteiger partial charge is 0.311 e. The Kier molecular flexibility index (Phi) is 5.61. The normalized spacial score (nSPS) is 17.7. The summed E-state index contributed by atoms with van der Waals surface area (Å²) in [7, 11) is 0. The number of aryl methyl sites for hydroxylation is 1. The molecule has 1 unspecified atom stereocenters. The summed E-state index contributed by atoms with van der Waals surface area (Å²) in [5.41, 5.74) is 4.91. The third kappa shape index (κ3) is 3.70. The van der Waals surface area contributed by atoms with E-state index in [2.05, 4.69) is 59.3 Å². The highest BCUT2D eigenvalue weighted by molar-refractivity contribution is 7.98. The summed E-state index contributed by atoms with van der Waals surface area (Å²) >= 11 is 3.62. The second kappa shape index (κ2) is 8.40. The lowest BCUT2D eigenvalue weighted by Gasteiger charge is -2.33. The molecule has 0 spiro atoms. The molecule has 162 valence electrons. The van der Waals surface area contributed by atoms with Crippen molar-refractivity contribution in [1.29, 1.82) is 0 Å². The lowest BCUT2D eigenvalue weighted by atomic mass is 9.94. The number of rotatable bonds is 3. The number of thioether (sulfide) groups is 1. The van der Waals surface area contributed by atoms with E-state index in [1.807, 2.05) is 29.5 Å². The van der Waals surface area contributed by atoms with Gasteiger partial charge >= 0.3 is 6.03 Å². The summed E-state index contributed by atoms with van der Waals surface area (Å²) in [5, 5.41) is 4.51. The van der Waals surface area contributed by atoms with Gasteiger partial charge in [-0.2, -0.15) is 0 Å². The predicted octanol–water partition coefficient (Wildman–Crippen LogP) is 6.88. The monoisotopic (exact) mass is 451 g/mol. The predicted molar refractivity (Wildman–Crippen MR) is 131 cm³/mol. The fraction of sp³-hybridized carbons (Fsp3) is 0.400. The number of thiophene rings is 1. The highest BCUT2D eigenvalue weighted by Crippen LogP contribution is 2.44. The molecule has 6 heteroatoms. The number of urea groups is 1. The Morgan fingerprint density at radius 1 is 1.16 bits per heavy atom. The number of carbonyl (C=O) groups is 1. The minimum atomic E-state index is -0.0201. The molecule has 0 saturated heterocycles. The van der Waals surface area contributed by atoms with Gasteiger partial charge in [0.2, 0.25) is 0 Å². The van der Waals surface area contributed by atoms with Crippen LogP contribution in [0.3, 0.4) is 0 Å². The summed E-state index contributed by atoms with van der Waals surface area (Å²) in [5.74, 6) is 0.307. The van der Waals surface area contributed by atoms with Crippen molar-refractivity contribution in [2.75, 3.05) is 11.6 Å². The lowest BCUT2D eigenvalue weighted by molar-refractivity contribution is 0.161. The quantitative estimate of drug-likeness (QED) is 0.441. The average molecular weight is 452 g/mol. The number of nitrogens with one attached hydrogen (secondary N) is 1. The highest BCUT2D eigenvalue weighted by Gasteiger charge is 2.36. The maximum atomic E-state index is 13.7. The Bertz CT molecular complexity index is 1110. The van der Waals surface area contributed by atoms with Gasteiger partial charge in [0.15, 0.2) is 0 Å². The molecule has 4 nitrogen and oxygen atoms in total. The van der Waals surface area contributed by atoms with Crippen molar-refractivity contribution in [2.24, 2.45) is 5.92 Å². The van der Waals surface area contributed by atoms with Gasteiger partial charge in [0.25, 0.3) is 0 Å². The number of hydrogen-bond acceptors (Lipinski definition) is 3. The zero-order chi connectivity index (χ0) is 21.5. The van der Waals surface area contributed by atoms with Gasteiger partial charge in [0, 0.05) is 32.9 Å². The van der Waals surface area contributed by atoms with Gasteiger partial charge < -0.3 is 14.8 Å². The lowest BCUT2D eigenvalue weighted by Crippen LogP contribution is -2.39. The van der Waals surface area contributed by atoms with Crippen molar-refractivity contribution in [3.05, 3.63) is 64.3 Å². The molecule has 1 aromatic carbocycles. The summed E-state index contributed by atoms with van der Waals surface area (Å²) in [6, 6.07) is 12.4. The van der Waals surface area contributed by atoms with E-state index in [0.717, 1.165) is 17.0 Å². The fourth-order valence-electron chi connectivity index (χ4n) is 5.02. The van der Waals surface area contributed by atoms with Crippen LogP contribution in [-0.2, 0) is 19.4 Å². The van der Waals surface area contributed by atoms with E-state index < -0.39 is 0 Å². The first-order chi connectivity index (χ1) is 15.1. The molecule has 0 bridgehead atoms. The number of carbonyl (C=O) groups excluding carboxylic acids is 1. The van der Waals surface area contributed by atoms with E-state index >= 15 is 0 Å². The molecule has 31 heavy (non-hydrogen) atoms. The summed E-state index contributed by atoms with van der Waals surface area (Å²) in [4.78, 5) is 18.4. The molecule has 1 atom stereocenters. The standard InChI is InChI=1S/C25H29N3OS2/c1-16(2)23-21-11-7-13-27(21)24-20(19-10-4-5-12-22(19)31-24)15-28(23)25(29)26-17-8-6-9-18(14-17)30-3/h6-9,11,13-14,16,23H,4-5,10,12,15H2,1-3H3,(H,26,29). The van der Waals surface area contributed by atoms with Gasteiger partial charge in [-0.15, -0.1) is 23.1 Å². The van der Waals surface area contributed by atoms with Gasteiger partial charge in [-0.1, -0.05) is 19.9 Å². The number of aromatic nitrogens is 1. The van der Waals surface area contributed by atoms with Crippen LogP contribution >= 0.6 is 23.1 Å². The zero-order valence-electron chi connectivity index (χ0n) is 18.4. The van der Waals surface area contributed by atoms with Crippen LogP contribution < -0.4 is 5.32 Å². The van der Waals surface area contributed by atoms with Gasteiger partial charge in [0.1, 0.15) is 5.00 Å². The molecule has 3 heterocycles. The number of anilines is 1. The van der Waals surface area contributed by atoms with Gasteiger partial charge in [-0.25, -0.2) is 4.79 Å². The highest BCUT2D eigenvalue weighted by atomic mass is 32.2. The largest absolute Gasteiger partial charge is 0.322 e. The molecule has 0 saturated carbocycles. The zero-order valence-corrected chi connectivity index (χ0v) is 20.0. The molecule has 0 fully saturated rings. The van der Waals surface area contributed by atoms with Crippen LogP contribution in [0, 0.1) is 5.92 Å². The van der Waals surface area contributed by atoms with Crippen molar-refractivity contribution in [3.63, 3.8) is 0 Å². The second-order valence-corrected chi connectivity index (χ2v) is 10.7. The Balaban J connectivity index is 1.57. The topological polar surface area (TPSA) is 37.3 Å². The summed E-state index contributed by atoms with van der Waals surface area (Å²) < 4.78 is 2.35. The van der Waals surface area contributed by atoms with Crippen LogP contribution in [0.2, 0.25) is 0 Å².